The van der Waals surface area contributed by atoms with Crippen LogP contribution in [0.25, 0.3) is 0 Å². The Kier molecular flexibility index (Phi) is 4.44. The zero-order valence-electron chi connectivity index (χ0n) is 11.5. The monoisotopic (exact) mass is 336 g/mol. The van der Waals surface area contributed by atoms with E-state index in [1.165, 1.54) is 4.68 Å². The molecule has 0 radical (unpaired) electrons. The summed E-state index contributed by atoms with van der Waals surface area (Å²) < 4.78 is 2.31. The molecule has 0 amide bonds. The summed E-state index contributed by atoms with van der Waals surface area (Å²) in [7, 11) is 1.93. The van der Waals surface area contributed by atoms with Crippen LogP contribution in [0.15, 0.2) is 39.7 Å². The van der Waals surface area contributed by atoms with Gasteiger partial charge in [-0.05, 0) is 24.6 Å². The molecule has 0 saturated carbocycles. The second kappa shape index (κ2) is 6.09. The van der Waals surface area contributed by atoms with Crippen molar-refractivity contribution in [1.82, 2.24) is 9.78 Å². The van der Waals surface area contributed by atoms with Crippen molar-refractivity contribution in [2.45, 2.75) is 13.5 Å². The van der Waals surface area contributed by atoms with Crippen LogP contribution in [0, 0.1) is 0 Å². The smallest absolute Gasteiger partial charge is 0.269 e. The van der Waals surface area contributed by atoms with Crippen LogP contribution in [0.1, 0.15) is 12.5 Å². The molecule has 0 aliphatic rings. The average molecular weight is 337 g/mol. The van der Waals surface area contributed by atoms with Crippen LogP contribution < -0.4 is 16.2 Å². The van der Waals surface area contributed by atoms with Crippen molar-refractivity contribution >= 4 is 27.3 Å². The van der Waals surface area contributed by atoms with E-state index in [0.29, 0.717) is 12.2 Å². The number of hydrogen-bond donors (Lipinski definition) is 1. The third kappa shape index (κ3) is 3.19. The molecule has 0 atom stereocenters. The van der Waals surface area contributed by atoms with E-state index < -0.39 is 0 Å². The molecule has 6 heteroatoms. The Morgan fingerprint density at radius 1 is 1.40 bits per heavy atom. The molecule has 0 spiro atoms. The van der Waals surface area contributed by atoms with Gasteiger partial charge in [-0.25, -0.2) is 4.68 Å². The number of hydrogen-bond acceptors (Lipinski definition) is 4. The van der Waals surface area contributed by atoms with Crippen LogP contribution in [0.3, 0.4) is 0 Å². The summed E-state index contributed by atoms with van der Waals surface area (Å²) in [4.78, 5) is 14.0. The van der Waals surface area contributed by atoms with Gasteiger partial charge in [0.25, 0.3) is 5.56 Å². The van der Waals surface area contributed by atoms with Gasteiger partial charge in [-0.3, -0.25) is 4.79 Å². The number of halogens is 1. The lowest BCUT2D eigenvalue weighted by atomic mass is 10.2. The van der Waals surface area contributed by atoms with Crippen LogP contribution in [0.2, 0.25) is 0 Å². The molecule has 2 N–H and O–H groups in total. The van der Waals surface area contributed by atoms with Crippen LogP contribution in [-0.2, 0) is 6.54 Å². The van der Waals surface area contributed by atoms with E-state index in [2.05, 4.69) is 21.0 Å². The van der Waals surface area contributed by atoms with Gasteiger partial charge in [0, 0.05) is 29.8 Å². The highest BCUT2D eigenvalue weighted by molar-refractivity contribution is 9.10. The molecule has 2 aromatic rings. The number of rotatable bonds is 4. The molecule has 0 unspecified atom stereocenters. The van der Waals surface area contributed by atoms with Crippen molar-refractivity contribution in [2.75, 3.05) is 24.2 Å². The van der Waals surface area contributed by atoms with Crippen LogP contribution >= 0.6 is 15.9 Å². The van der Waals surface area contributed by atoms with Crippen LogP contribution in [-0.4, -0.2) is 23.4 Å². The van der Waals surface area contributed by atoms with E-state index in [1.807, 2.05) is 37.1 Å². The SMILES string of the molecule is CCN(C)c1cnn(Cc2ccc(N)cc2Br)c(=O)c1. The molecule has 0 aliphatic heterocycles. The highest BCUT2D eigenvalue weighted by Crippen LogP contribution is 2.20. The Balaban J connectivity index is 2.28. The Bertz CT molecular complexity index is 668. The lowest BCUT2D eigenvalue weighted by Crippen LogP contribution is -2.26. The van der Waals surface area contributed by atoms with E-state index in [1.54, 1.807) is 12.3 Å². The predicted octanol–water partition coefficient (Wildman–Crippen LogP) is 2.09. The first kappa shape index (κ1) is 14.6. The maximum atomic E-state index is 12.1. The van der Waals surface area contributed by atoms with Gasteiger partial charge in [-0.15, -0.1) is 0 Å². The quantitative estimate of drug-likeness (QED) is 0.868. The van der Waals surface area contributed by atoms with E-state index in [4.69, 9.17) is 5.73 Å². The number of nitrogen functional groups attached to an aromatic ring is 1. The molecule has 5 nitrogen and oxygen atoms in total. The standard InChI is InChI=1S/C14H17BrN4O/c1-3-18(2)12-7-14(20)19(17-8-12)9-10-4-5-11(16)6-13(10)15/h4-8H,3,9,16H2,1-2H3. The number of nitrogens with two attached hydrogens (primary N) is 1. The first-order valence-corrected chi connectivity index (χ1v) is 7.12. The van der Waals surface area contributed by atoms with Crippen molar-refractivity contribution in [3.8, 4) is 0 Å². The first-order chi connectivity index (χ1) is 9.51. The van der Waals surface area contributed by atoms with Gasteiger partial charge in [0.15, 0.2) is 0 Å². The van der Waals surface area contributed by atoms with E-state index in [9.17, 15) is 4.79 Å². The molecule has 20 heavy (non-hydrogen) atoms. The summed E-state index contributed by atoms with van der Waals surface area (Å²) in [6.07, 6.45) is 1.70. The summed E-state index contributed by atoms with van der Waals surface area (Å²) in [6.45, 7) is 3.27. The van der Waals surface area contributed by atoms with Crippen molar-refractivity contribution in [1.29, 1.82) is 0 Å². The van der Waals surface area contributed by atoms with Crippen molar-refractivity contribution < 1.29 is 0 Å². The molecule has 0 fully saturated rings. The van der Waals surface area contributed by atoms with Crippen molar-refractivity contribution in [3.63, 3.8) is 0 Å². The Morgan fingerprint density at radius 2 is 2.15 bits per heavy atom. The van der Waals surface area contributed by atoms with Gasteiger partial charge in [0.2, 0.25) is 0 Å². The van der Waals surface area contributed by atoms with Gasteiger partial charge in [-0.2, -0.15) is 5.10 Å². The number of nitrogens with zero attached hydrogens (tertiary/aromatic N) is 3. The van der Waals surface area contributed by atoms with Crippen LogP contribution in [0.5, 0.6) is 0 Å². The minimum Gasteiger partial charge on any atom is -0.399 e. The average Bonchev–Trinajstić information content (AvgIpc) is 2.42. The number of aromatic nitrogens is 2. The maximum Gasteiger partial charge on any atom is 0.269 e. The largest absolute Gasteiger partial charge is 0.399 e. The minimum atomic E-state index is -0.119. The first-order valence-electron chi connectivity index (χ1n) is 6.33. The Hall–Kier alpha value is -1.82. The van der Waals surface area contributed by atoms with E-state index in [0.717, 1.165) is 22.3 Å². The fourth-order valence-electron chi connectivity index (χ4n) is 1.79. The summed E-state index contributed by atoms with van der Waals surface area (Å²) >= 11 is 3.45. The summed E-state index contributed by atoms with van der Waals surface area (Å²) in [5, 5.41) is 4.22. The zero-order chi connectivity index (χ0) is 14.7. The van der Waals surface area contributed by atoms with E-state index in [-0.39, 0.29) is 5.56 Å². The molecule has 1 aromatic carbocycles. The lowest BCUT2D eigenvalue weighted by molar-refractivity contribution is 0.636. The number of anilines is 2. The van der Waals surface area contributed by atoms with Gasteiger partial charge in [0.1, 0.15) is 0 Å². The van der Waals surface area contributed by atoms with Crippen molar-refractivity contribution in [3.05, 3.63) is 50.9 Å². The molecule has 0 aliphatic carbocycles. The van der Waals surface area contributed by atoms with E-state index >= 15 is 0 Å². The molecule has 2 rings (SSSR count). The molecule has 1 aromatic heterocycles. The van der Waals surface area contributed by atoms with Gasteiger partial charge >= 0.3 is 0 Å². The fraction of sp³-hybridized carbons (Fsp3) is 0.286. The Labute approximate surface area is 126 Å². The highest BCUT2D eigenvalue weighted by atomic mass is 79.9. The fourth-order valence-corrected chi connectivity index (χ4v) is 2.31. The molecule has 1 heterocycles. The minimum absolute atomic E-state index is 0.119. The second-order valence-corrected chi connectivity index (χ2v) is 5.43. The lowest BCUT2D eigenvalue weighted by Gasteiger charge is -2.16. The third-order valence-corrected chi connectivity index (χ3v) is 3.91. The summed E-state index contributed by atoms with van der Waals surface area (Å²) in [6, 6.07) is 7.12. The summed E-state index contributed by atoms with van der Waals surface area (Å²) in [5.74, 6) is 0. The predicted molar refractivity (Wildman–Crippen MR) is 85.1 cm³/mol. The molecular formula is C14H17BrN4O. The van der Waals surface area contributed by atoms with Gasteiger partial charge in [-0.1, -0.05) is 22.0 Å². The molecule has 106 valence electrons. The Morgan fingerprint density at radius 3 is 2.75 bits per heavy atom. The normalized spacial score (nSPS) is 10.6. The number of benzene rings is 1. The third-order valence-electron chi connectivity index (χ3n) is 3.17. The molecule has 0 saturated heterocycles. The van der Waals surface area contributed by atoms with Gasteiger partial charge < -0.3 is 10.6 Å². The van der Waals surface area contributed by atoms with Crippen LogP contribution in [0.4, 0.5) is 11.4 Å². The summed E-state index contributed by atoms with van der Waals surface area (Å²) in [5.41, 5.74) is 8.05. The second-order valence-electron chi connectivity index (χ2n) is 4.57. The van der Waals surface area contributed by atoms with Gasteiger partial charge in [0.05, 0.1) is 18.4 Å². The maximum absolute atomic E-state index is 12.1. The zero-order valence-corrected chi connectivity index (χ0v) is 13.1. The van der Waals surface area contributed by atoms with Crippen molar-refractivity contribution in [2.24, 2.45) is 0 Å². The topological polar surface area (TPSA) is 64.2 Å². The molecular weight excluding hydrogens is 320 g/mol. The molecule has 0 bridgehead atoms. The highest BCUT2D eigenvalue weighted by Gasteiger charge is 2.06.